The van der Waals surface area contributed by atoms with Gasteiger partial charge in [-0.05, 0) is 57.4 Å². The first-order valence-corrected chi connectivity index (χ1v) is 8.79. The third-order valence-corrected chi connectivity index (χ3v) is 4.01. The number of halogens is 2. The van der Waals surface area contributed by atoms with E-state index in [0.717, 1.165) is 13.0 Å². The lowest BCUT2D eigenvalue weighted by atomic mass is 10.2. The molecule has 0 saturated carbocycles. The van der Waals surface area contributed by atoms with Crippen LogP contribution in [-0.2, 0) is 0 Å². The van der Waals surface area contributed by atoms with E-state index < -0.39 is 5.91 Å². The number of nitrogens with one attached hydrogen (secondary N) is 2. The molecule has 6 nitrogen and oxygen atoms in total. The van der Waals surface area contributed by atoms with Crippen molar-refractivity contribution in [1.82, 2.24) is 15.2 Å². The minimum absolute atomic E-state index is 0.122. The third kappa shape index (κ3) is 5.98. The van der Waals surface area contributed by atoms with Crippen molar-refractivity contribution in [1.29, 1.82) is 0 Å². The second-order valence-electron chi connectivity index (χ2n) is 5.90. The van der Waals surface area contributed by atoms with Gasteiger partial charge < -0.3 is 15.5 Å². The Labute approximate surface area is 162 Å². The van der Waals surface area contributed by atoms with Gasteiger partial charge in [0.05, 0.1) is 10.7 Å². The number of pyridine rings is 1. The Bertz CT molecular complexity index is 797. The highest BCUT2D eigenvalue weighted by molar-refractivity contribution is 6.36. The summed E-state index contributed by atoms with van der Waals surface area (Å²) in [5.74, 6) is -0.778. The molecule has 2 rings (SSSR count). The fourth-order valence-electron chi connectivity index (χ4n) is 2.15. The fourth-order valence-corrected chi connectivity index (χ4v) is 2.61. The van der Waals surface area contributed by atoms with Crippen molar-refractivity contribution in [3.05, 3.63) is 57.8 Å². The molecule has 1 aromatic carbocycles. The van der Waals surface area contributed by atoms with Crippen LogP contribution in [0.5, 0.6) is 0 Å². The van der Waals surface area contributed by atoms with Gasteiger partial charge in [-0.2, -0.15) is 0 Å². The van der Waals surface area contributed by atoms with Crippen LogP contribution in [0.4, 0.5) is 5.69 Å². The molecular formula is C18H20Cl2N4O2. The molecule has 0 radical (unpaired) electrons. The summed E-state index contributed by atoms with van der Waals surface area (Å²) < 4.78 is 0. The Morgan fingerprint density at radius 2 is 1.77 bits per heavy atom. The maximum atomic E-state index is 12.4. The number of nitrogens with zero attached hydrogens (tertiary/aromatic N) is 2. The molecule has 0 aliphatic carbocycles. The molecule has 0 unspecified atom stereocenters. The average molecular weight is 395 g/mol. The lowest BCUT2D eigenvalue weighted by molar-refractivity contribution is 0.0947. The number of hydrogen-bond donors (Lipinski definition) is 2. The summed E-state index contributed by atoms with van der Waals surface area (Å²) in [7, 11) is 3.94. The van der Waals surface area contributed by atoms with Crippen molar-refractivity contribution in [2.75, 3.05) is 32.5 Å². The van der Waals surface area contributed by atoms with Crippen LogP contribution < -0.4 is 10.6 Å². The first-order chi connectivity index (χ1) is 12.4. The standard InChI is InChI=1S/C18H20Cl2N4O2/c1-24(2)10-4-9-21-17(25)15-5-3-6-16(22-15)18(26)23-14-8-7-12(19)11-13(14)20/h3,5-8,11H,4,9-10H2,1-2H3,(H,21,25)(H,23,26). The molecule has 0 saturated heterocycles. The lowest BCUT2D eigenvalue weighted by Gasteiger charge is -2.10. The van der Waals surface area contributed by atoms with E-state index in [1.54, 1.807) is 24.3 Å². The van der Waals surface area contributed by atoms with E-state index in [9.17, 15) is 9.59 Å². The summed E-state index contributed by atoms with van der Waals surface area (Å²) in [5.41, 5.74) is 0.725. The summed E-state index contributed by atoms with van der Waals surface area (Å²) >= 11 is 11.9. The maximum absolute atomic E-state index is 12.4. The minimum atomic E-state index is -0.462. The molecule has 0 fully saturated rings. The van der Waals surface area contributed by atoms with Gasteiger partial charge in [0, 0.05) is 11.6 Å². The molecule has 8 heteroatoms. The van der Waals surface area contributed by atoms with Gasteiger partial charge >= 0.3 is 0 Å². The van der Waals surface area contributed by atoms with Crippen molar-refractivity contribution >= 4 is 40.7 Å². The van der Waals surface area contributed by atoms with Crippen LogP contribution in [0.2, 0.25) is 10.0 Å². The largest absolute Gasteiger partial charge is 0.351 e. The van der Waals surface area contributed by atoms with E-state index in [0.29, 0.717) is 22.3 Å². The second kappa shape index (κ2) is 9.52. The van der Waals surface area contributed by atoms with E-state index in [1.165, 1.54) is 12.1 Å². The van der Waals surface area contributed by atoms with E-state index in [1.807, 2.05) is 19.0 Å². The van der Waals surface area contributed by atoms with Gasteiger partial charge in [-0.1, -0.05) is 29.3 Å². The minimum Gasteiger partial charge on any atom is -0.351 e. The van der Waals surface area contributed by atoms with Crippen LogP contribution >= 0.6 is 23.2 Å². The van der Waals surface area contributed by atoms with Crippen molar-refractivity contribution < 1.29 is 9.59 Å². The predicted molar refractivity (Wildman–Crippen MR) is 104 cm³/mol. The lowest BCUT2D eigenvalue weighted by Crippen LogP contribution is -2.28. The van der Waals surface area contributed by atoms with E-state index in [4.69, 9.17) is 23.2 Å². The summed E-state index contributed by atoms with van der Waals surface area (Å²) in [6, 6.07) is 9.46. The molecule has 2 amide bonds. The zero-order chi connectivity index (χ0) is 19.1. The fraction of sp³-hybridized carbons (Fsp3) is 0.278. The predicted octanol–water partition coefficient (Wildman–Crippen LogP) is 3.32. The van der Waals surface area contributed by atoms with Gasteiger partial charge in [0.2, 0.25) is 0 Å². The number of hydrogen-bond acceptors (Lipinski definition) is 4. The normalized spacial score (nSPS) is 10.7. The molecule has 2 N–H and O–H groups in total. The quantitative estimate of drug-likeness (QED) is 0.706. The monoisotopic (exact) mass is 394 g/mol. The first kappa shape index (κ1) is 20.2. The zero-order valence-corrected chi connectivity index (χ0v) is 16.1. The van der Waals surface area contributed by atoms with Gasteiger partial charge in [0.1, 0.15) is 11.4 Å². The van der Waals surface area contributed by atoms with E-state index >= 15 is 0 Å². The number of aromatic nitrogens is 1. The Kier molecular flexibility index (Phi) is 7.38. The molecule has 0 spiro atoms. The summed E-state index contributed by atoms with van der Waals surface area (Å²) in [6.07, 6.45) is 0.827. The van der Waals surface area contributed by atoms with Crippen molar-refractivity contribution in [2.24, 2.45) is 0 Å². The first-order valence-electron chi connectivity index (χ1n) is 8.03. The van der Waals surface area contributed by atoms with E-state index in [-0.39, 0.29) is 17.3 Å². The summed E-state index contributed by atoms with van der Waals surface area (Å²) in [6.45, 7) is 1.41. The molecule has 1 heterocycles. The molecule has 1 aromatic heterocycles. The van der Waals surface area contributed by atoms with Gasteiger partial charge in [-0.15, -0.1) is 0 Å². The van der Waals surface area contributed by atoms with Crippen LogP contribution in [0, 0.1) is 0 Å². The number of carbonyl (C=O) groups is 2. The van der Waals surface area contributed by atoms with Crippen LogP contribution in [0.15, 0.2) is 36.4 Å². The number of rotatable bonds is 7. The topological polar surface area (TPSA) is 74.3 Å². The zero-order valence-electron chi connectivity index (χ0n) is 14.6. The maximum Gasteiger partial charge on any atom is 0.274 e. The van der Waals surface area contributed by atoms with Crippen LogP contribution in [-0.4, -0.2) is 48.9 Å². The molecule has 0 bridgehead atoms. The summed E-state index contributed by atoms with van der Waals surface area (Å²) in [5, 5.41) is 6.24. The van der Waals surface area contributed by atoms with Crippen LogP contribution in [0.25, 0.3) is 0 Å². The number of benzene rings is 1. The highest BCUT2D eigenvalue weighted by Gasteiger charge is 2.13. The molecule has 138 valence electrons. The van der Waals surface area contributed by atoms with Gasteiger partial charge in [-0.3, -0.25) is 9.59 Å². The molecule has 0 atom stereocenters. The highest BCUT2D eigenvalue weighted by atomic mass is 35.5. The number of anilines is 1. The van der Waals surface area contributed by atoms with Gasteiger partial charge in [-0.25, -0.2) is 4.98 Å². The van der Waals surface area contributed by atoms with Crippen molar-refractivity contribution in [3.8, 4) is 0 Å². The molecule has 2 aromatic rings. The number of amides is 2. The Hall–Kier alpha value is -2.15. The van der Waals surface area contributed by atoms with Gasteiger partial charge in [0.15, 0.2) is 0 Å². The highest BCUT2D eigenvalue weighted by Crippen LogP contribution is 2.25. The van der Waals surface area contributed by atoms with Crippen LogP contribution in [0.3, 0.4) is 0 Å². The van der Waals surface area contributed by atoms with E-state index in [2.05, 4.69) is 15.6 Å². The molecule has 0 aliphatic rings. The Morgan fingerprint density at radius 1 is 1.08 bits per heavy atom. The molecule has 26 heavy (non-hydrogen) atoms. The average Bonchev–Trinajstić information content (AvgIpc) is 2.60. The number of carbonyl (C=O) groups excluding carboxylic acids is 2. The Morgan fingerprint density at radius 3 is 2.42 bits per heavy atom. The third-order valence-electron chi connectivity index (χ3n) is 3.46. The smallest absolute Gasteiger partial charge is 0.274 e. The summed E-state index contributed by atoms with van der Waals surface area (Å²) in [4.78, 5) is 30.7. The Balaban J connectivity index is 2.01. The van der Waals surface area contributed by atoms with Crippen molar-refractivity contribution in [3.63, 3.8) is 0 Å². The van der Waals surface area contributed by atoms with Gasteiger partial charge in [0.25, 0.3) is 11.8 Å². The van der Waals surface area contributed by atoms with Crippen molar-refractivity contribution in [2.45, 2.75) is 6.42 Å². The molecular weight excluding hydrogens is 375 g/mol. The van der Waals surface area contributed by atoms with Crippen LogP contribution in [0.1, 0.15) is 27.4 Å². The molecule has 0 aliphatic heterocycles. The second-order valence-corrected chi connectivity index (χ2v) is 6.74. The SMILES string of the molecule is CN(C)CCCNC(=O)c1cccc(C(=O)Nc2ccc(Cl)cc2Cl)n1.